The summed E-state index contributed by atoms with van der Waals surface area (Å²) in [6, 6.07) is 11.0. The molecule has 9 heteroatoms. The summed E-state index contributed by atoms with van der Waals surface area (Å²) in [6.45, 7) is 0.951. The Hall–Kier alpha value is -1.31. The lowest BCUT2D eigenvalue weighted by molar-refractivity contribution is 0.0698. The minimum atomic E-state index is -3.70. The number of benzene rings is 2. The third kappa shape index (κ3) is 3.85. The zero-order chi connectivity index (χ0) is 18.9. The van der Waals surface area contributed by atoms with Gasteiger partial charge in [-0.1, -0.05) is 46.9 Å². The molecule has 1 aliphatic rings. The molecule has 1 heterocycles. The first kappa shape index (κ1) is 19.5. The van der Waals surface area contributed by atoms with Crippen LogP contribution >= 0.6 is 34.8 Å². The van der Waals surface area contributed by atoms with Gasteiger partial charge in [-0.2, -0.15) is 4.31 Å². The van der Waals surface area contributed by atoms with Gasteiger partial charge >= 0.3 is 0 Å². The molecule has 2 aromatic rings. The number of rotatable bonds is 3. The van der Waals surface area contributed by atoms with E-state index in [1.165, 1.54) is 22.5 Å². The normalized spacial score (nSPS) is 15.9. The second-order valence-electron chi connectivity index (χ2n) is 5.75. The van der Waals surface area contributed by atoms with E-state index in [4.69, 9.17) is 34.8 Å². The van der Waals surface area contributed by atoms with Gasteiger partial charge in [0, 0.05) is 26.2 Å². The van der Waals surface area contributed by atoms with Crippen molar-refractivity contribution in [3.8, 4) is 0 Å². The summed E-state index contributed by atoms with van der Waals surface area (Å²) in [5.74, 6) is -0.206. The van der Waals surface area contributed by atoms with Crippen molar-refractivity contribution in [3.63, 3.8) is 0 Å². The number of piperazine rings is 1. The summed E-state index contributed by atoms with van der Waals surface area (Å²) in [4.78, 5) is 14.3. The molecular formula is C17H15Cl3N2O3S. The van der Waals surface area contributed by atoms with Crippen molar-refractivity contribution < 1.29 is 13.2 Å². The lowest BCUT2D eigenvalue weighted by Crippen LogP contribution is -2.50. The summed E-state index contributed by atoms with van der Waals surface area (Å²) in [5.41, 5.74) is 0.412. The Morgan fingerprint density at radius 1 is 0.846 bits per heavy atom. The van der Waals surface area contributed by atoms with Crippen molar-refractivity contribution in [2.24, 2.45) is 0 Å². The molecule has 0 aromatic heterocycles. The van der Waals surface area contributed by atoms with Gasteiger partial charge < -0.3 is 4.90 Å². The monoisotopic (exact) mass is 432 g/mol. The average Bonchev–Trinajstić information content (AvgIpc) is 2.64. The first-order valence-corrected chi connectivity index (χ1v) is 10.4. The first-order valence-electron chi connectivity index (χ1n) is 7.80. The van der Waals surface area contributed by atoms with E-state index in [2.05, 4.69) is 0 Å². The molecule has 2 aromatic carbocycles. The molecule has 0 aliphatic carbocycles. The van der Waals surface area contributed by atoms with Crippen molar-refractivity contribution in [2.45, 2.75) is 4.90 Å². The zero-order valence-corrected chi connectivity index (χ0v) is 16.6. The highest BCUT2D eigenvalue weighted by Crippen LogP contribution is 2.27. The van der Waals surface area contributed by atoms with Crippen LogP contribution in [0.25, 0.3) is 0 Å². The van der Waals surface area contributed by atoms with Crippen LogP contribution in [0, 0.1) is 0 Å². The molecule has 5 nitrogen and oxygen atoms in total. The number of amides is 1. The Morgan fingerprint density at radius 3 is 2.12 bits per heavy atom. The molecule has 1 saturated heterocycles. The standard InChI is InChI=1S/C17H15Cl3N2O3S/c18-14-4-2-1-3-13(14)17(23)21-7-9-22(10-8-21)26(24,25)12-5-6-15(19)16(20)11-12/h1-6,11H,7-10H2. The Balaban J connectivity index is 1.72. The summed E-state index contributed by atoms with van der Waals surface area (Å²) >= 11 is 17.8. The van der Waals surface area contributed by atoms with Crippen LogP contribution in [0.5, 0.6) is 0 Å². The van der Waals surface area contributed by atoms with Gasteiger partial charge in [0.05, 0.1) is 25.5 Å². The van der Waals surface area contributed by atoms with E-state index in [1.54, 1.807) is 29.2 Å². The number of sulfonamides is 1. The van der Waals surface area contributed by atoms with Crippen molar-refractivity contribution in [1.29, 1.82) is 0 Å². The largest absolute Gasteiger partial charge is 0.336 e. The van der Waals surface area contributed by atoms with E-state index in [0.29, 0.717) is 15.6 Å². The summed E-state index contributed by atoms with van der Waals surface area (Å²) < 4.78 is 26.8. The number of hydrogen-bond donors (Lipinski definition) is 0. The van der Waals surface area contributed by atoms with Gasteiger partial charge in [-0.3, -0.25) is 4.79 Å². The maximum absolute atomic E-state index is 12.8. The molecule has 0 atom stereocenters. The number of carbonyl (C=O) groups is 1. The quantitative estimate of drug-likeness (QED) is 0.740. The second-order valence-corrected chi connectivity index (χ2v) is 8.91. The Morgan fingerprint density at radius 2 is 1.50 bits per heavy atom. The lowest BCUT2D eigenvalue weighted by atomic mass is 10.2. The van der Waals surface area contributed by atoms with Crippen LogP contribution in [0.4, 0.5) is 0 Å². The second kappa shape index (κ2) is 7.74. The van der Waals surface area contributed by atoms with Gasteiger partial charge in [-0.25, -0.2) is 8.42 Å². The van der Waals surface area contributed by atoms with Gasteiger partial charge in [-0.15, -0.1) is 0 Å². The maximum Gasteiger partial charge on any atom is 0.255 e. The predicted molar refractivity (Wildman–Crippen MR) is 103 cm³/mol. The summed E-state index contributed by atoms with van der Waals surface area (Å²) in [6.07, 6.45) is 0. The Labute approximate surface area is 167 Å². The summed E-state index contributed by atoms with van der Waals surface area (Å²) in [5, 5.41) is 0.851. The van der Waals surface area contributed by atoms with Crippen LogP contribution in [0.15, 0.2) is 47.4 Å². The molecule has 3 rings (SSSR count). The first-order chi connectivity index (χ1) is 12.3. The van der Waals surface area contributed by atoms with Crippen LogP contribution in [0.2, 0.25) is 15.1 Å². The zero-order valence-electron chi connectivity index (χ0n) is 13.5. The number of halogens is 3. The molecule has 0 saturated carbocycles. The van der Waals surface area contributed by atoms with Crippen molar-refractivity contribution in [3.05, 3.63) is 63.1 Å². The highest BCUT2D eigenvalue weighted by atomic mass is 35.5. The molecule has 26 heavy (non-hydrogen) atoms. The molecule has 138 valence electrons. The fourth-order valence-corrected chi connectivity index (χ4v) is 4.75. The molecule has 0 spiro atoms. The van der Waals surface area contributed by atoms with Gasteiger partial charge in [0.25, 0.3) is 5.91 Å². The highest BCUT2D eigenvalue weighted by molar-refractivity contribution is 7.89. The van der Waals surface area contributed by atoms with E-state index < -0.39 is 10.0 Å². The number of hydrogen-bond acceptors (Lipinski definition) is 3. The molecule has 0 bridgehead atoms. The minimum absolute atomic E-state index is 0.0813. The lowest BCUT2D eigenvalue weighted by Gasteiger charge is -2.34. The summed E-state index contributed by atoms with van der Waals surface area (Å²) in [7, 11) is -3.70. The van der Waals surface area contributed by atoms with Crippen LogP contribution in [0.3, 0.4) is 0 Å². The van der Waals surface area contributed by atoms with E-state index in [-0.39, 0.29) is 42.0 Å². The molecule has 1 amide bonds. The number of nitrogens with zero attached hydrogens (tertiary/aromatic N) is 2. The average molecular weight is 434 g/mol. The van der Waals surface area contributed by atoms with Crippen LogP contribution in [-0.4, -0.2) is 49.7 Å². The minimum Gasteiger partial charge on any atom is -0.336 e. The van der Waals surface area contributed by atoms with E-state index in [9.17, 15) is 13.2 Å². The number of carbonyl (C=O) groups excluding carboxylic acids is 1. The van der Waals surface area contributed by atoms with Crippen LogP contribution in [-0.2, 0) is 10.0 Å². The van der Waals surface area contributed by atoms with Crippen LogP contribution in [0.1, 0.15) is 10.4 Å². The topological polar surface area (TPSA) is 57.7 Å². The predicted octanol–water partition coefficient (Wildman–Crippen LogP) is 3.79. The van der Waals surface area contributed by atoms with E-state index >= 15 is 0 Å². The molecule has 1 fully saturated rings. The molecule has 0 unspecified atom stereocenters. The third-order valence-corrected chi connectivity index (χ3v) is 7.12. The Bertz CT molecular complexity index is 942. The molecular weight excluding hydrogens is 419 g/mol. The molecule has 1 aliphatic heterocycles. The van der Waals surface area contributed by atoms with Gasteiger partial charge in [0.2, 0.25) is 10.0 Å². The molecule has 0 radical (unpaired) electrons. The van der Waals surface area contributed by atoms with Crippen molar-refractivity contribution in [1.82, 2.24) is 9.21 Å². The van der Waals surface area contributed by atoms with Gasteiger partial charge in [0.15, 0.2) is 0 Å². The van der Waals surface area contributed by atoms with Crippen molar-refractivity contribution >= 4 is 50.7 Å². The smallest absolute Gasteiger partial charge is 0.255 e. The van der Waals surface area contributed by atoms with E-state index in [1.807, 2.05) is 0 Å². The van der Waals surface area contributed by atoms with E-state index in [0.717, 1.165) is 0 Å². The maximum atomic E-state index is 12.8. The highest BCUT2D eigenvalue weighted by Gasteiger charge is 2.31. The SMILES string of the molecule is O=C(c1ccccc1Cl)N1CCN(S(=O)(=O)c2ccc(Cl)c(Cl)c2)CC1. The molecule has 0 N–H and O–H groups in total. The fourth-order valence-electron chi connectivity index (χ4n) is 2.72. The van der Waals surface area contributed by atoms with Crippen LogP contribution < -0.4 is 0 Å². The van der Waals surface area contributed by atoms with Gasteiger partial charge in [0.1, 0.15) is 0 Å². The Kier molecular flexibility index (Phi) is 5.79. The fraction of sp³-hybridized carbons (Fsp3) is 0.235. The third-order valence-electron chi connectivity index (χ3n) is 4.16. The van der Waals surface area contributed by atoms with Crippen molar-refractivity contribution in [2.75, 3.05) is 26.2 Å². The van der Waals surface area contributed by atoms with Gasteiger partial charge in [-0.05, 0) is 30.3 Å².